The zero-order valence-electron chi connectivity index (χ0n) is 17.6. The predicted molar refractivity (Wildman–Crippen MR) is 124 cm³/mol. The standard InChI is InChI=1S/C24H22ClN3O4/c1-16-3-5-17(6-4-16)15-32-21-12-7-18(13-22(21)31-2)14-26-28-24(30)23(29)27-20-10-8-19(25)9-11-20/h3-14H,15H2,1-2H3,(H,27,29)(H,28,30)/b26-14+. The van der Waals surface area contributed by atoms with Gasteiger partial charge in [0, 0.05) is 10.7 Å². The first-order valence-electron chi connectivity index (χ1n) is 9.71. The van der Waals surface area contributed by atoms with Gasteiger partial charge in [0.15, 0.2) is 11.5 Å². The summed E-state index contributed by atoms with van der Waals surface area (Å²) in [5.74, 6) is -0.646. The molecule has 0 aliphatic carbocycles. The molecule has 0 radical (unpaired) electrons. The van der Waals surface area contributed by atoms with Gasteiger partial charge in [-0.05, 0) is 60.5 Å². The van der Waals surface area contributed by atoms with Crippen molar-refractivity contribution in [2.75, 3.05) is 12.4 Å². The molecule has 3 aromatic carbocycles. The number of amides is 2. The number of aryl methyl sites for hydroxylation is 1. The summed E-state index contributed by atoms with van der Waals surface area (Å²) in [5, 5.41) is 6.80. The molecule has 0 heterocycles. The maximum atomic E-state index is 11.9. The Balaban J connectivity index is 1.55. The SMILES string of the molecule is COc1cc(/C=N/NC(=O)C(=O)Nc2ccc(Cl)cc2)ccc1OCc1ccc(C)cc1. The van der Waals surface area contributed by atoms with Crippen LogP contribution < -0.4 is 20.2 Å². The van der Waals surface area contributed by atoms with Gasteiger partial charge in [0.2, 0.25) is 0 Å². The largest absolute Gasteiger partial charge is 0.493 e. The molecule has 0 spiro atoms. The molecule has 164 valence electrons. The van der Waals surface area contributed by atoms with Crippen molar-refractivity contribution >= 4 is 35.3 Å². The fourth-order valence-electron chi connectivity index (χ4n) is 2.67. The van der Waals surface area contributed by atoms with Crippen LogP contribution in [0.1, 0.15) is 16.7 Å². The molecule has 32 heavy (non-hydrogen) atoms. The van der Waals surface area contributed by atoms with Crippen molar-refractivity contribution in [3.8, 4) is 11.5 Å². The highest BCUT2D eigenvalue weighted by Gasteiger charge is 2.13. The number of nitrogens with zero attached hydrogens (tertiary/aromatic N) is 1. The summed E-state index contributed by atoms with van der Waals surface area (Å²) in [6.07, 6.45) is 1.40. The minimum atomic E-state index is -0.902. The highest BCUT2D eigenvalue weighted by atomic mass is 35.5. The first-order chi connectivity index (χ1) is 15.4. The number of hydrazone groups is 1. The molecule has 0 aliphatic heterocycles. The van der Waals surface area contributed by atoms with Crippen LogP contribution in [0.4, 0.5) is 5.69 Å². The second-order valence-electron chi connectivity index (χ2n) is 6.84. The number of ether oxygens (including phenoxy) is 2. The number of halogens is 1. The zero-order valence-corrected chi connectivity index (χ0v) is 18.3. The van der Waals surface area contributed by atoms with Gasteiger partial charge in [-0.2, -0.15) is 5.10 Å². The van der Waals surface area contributed by atoms with E-state index in [1.165, 1.54) is 18.9 Å². The van der Waals surface area contributed by atoms with E-state index in [4.69, 9.17) is 21.1 Å². The molecule has 3 rings (SSSR count). The Morgan fingerprint density at radius 3 is 2.38 bits per heavy atom. The Bertz CT molecular complexity index is 1110. The molecule has 7 nitrogen and oxygen atoms in total. The van der Waals surface area contributed by atoms with Crippen molar-refractivity contribution in [3.63, 3.8) is 0 Å². The monoisotopic (exact) mass is 451 g/mol. The molecule has 0 aliphatic rings. The minimum Gasteiger partial charge on any atom is -0.493 e. The van der Waals surface area contributed by atoms with Gasteiger partial charge in [-0.25, -0.2) is 5.43 Å². The highest BCUT2D eigenvalue weighted by Crippen LogP contribution is 2.28. The summed E-state index contributed by atoms with van der Waals surface area (Å²) in [6.45, 7) is 2.44. The van der Waals surface area contributed by atoms with Gasteiger partial charge in [-0.3, -0.25) is 9.59 Å². The van der Waals surface area contributed by atoms with Gasteiger partial charge in [-0.15, -0.1) is 0 Å². The highest BCUT2D eigenvalue weighted by molar-refractivity contribution is 6.39. The van der Waals surface area contributed by atoms with E-state index in [1.807, 2.05) is 31.2 Å². The van der Waals surface area contributed by atoms with Crippen LogP contribution in [-0.4, -0.2) is 25.1 Å². The summed E-state index contributed by atoms with van der Waals surface area (Å²) in [4.78, 5) is 23.8. The third-order valence-corrected chi connectivity index (χ3v) is 4.64. The average molecular weight is 452 g/mol. The molecule has 0 fully saturated rings. The Morgan fingerprint density at radius 1 is 0.969 bits per heavy atom. The number of methoxy groups -OCH3 is 1. The molecule has 8 heteroatoms. The molecule has 3 aromatic rings. The maximum Gasteiger partial charge on any atom is 0.329 e. The van der Waals surface area contributed by atoms with Gasteiger partial charge in [0.1, 0.15) is 6.61 Å². The molecule has 0 unspecified atom stereocenters. The second-order valence-corrected chi connectivity index (χ2v) is 7.28. The third-order valence-electron chi connectivity index (χ3n) is 4.39. The van der Waals surface area contributed by atoms with Crippen LogP contribution in [0.15, 0.2) is 71.8 Å². The Kier molecular flexibility index (Phi) is 7.83. The number of carbonyl (C=O) groups is 2. The van der Waals surface area contributed by atoms with E-state index < -0.39 is 11.8 Å². The lowest BCUT2D eigenvalue weighted by Crippen LogP contribution is -2.32. The zero-order chi connectivity index (χ0) is 22.9. The topological polar surface area (TPSA) is 89.0 Å². The predicted octanol–water partition coefficient (Wildman–Crippen LogP) is 4.32. The molecular weight excluding hydrogens is 430 g/mol. The van der Waals surface area contributed by atoms with Crippen LogP contribution in [0.3, 0.4) is 0 Å². The van der Waals surface area contributed by atoms with Crippen molar-refractivity contribution in [1.29, 1.82) is 0 Å². The molecule has 0 aromatic heterocycles. The summed E-state index contributed by atoms with van der Waals surface area (Å²) >= 11 is 5.79. The first-order valence-corrected chi connectivity index (χ1v) is 10.1. The maximum absolute atomic E-state index is 11.9. The van der Waals surface area contributed by atoms with E-state index in [2.05, 4.69) is 15.8 Å². The summed E-state index contributed by atoms with van der Waals surface area (Å²) in [5.41, 5.74) is 5.52. The van der Waals surface area contributed by atoms with Gasteiger partial charge in [0.25, 0.3) is 0 Å². The molecule has 0 atom stereocenters. The molecule has 2 N–H and O–H groups in total. The van der Waals surface area contributed by atoms with Gasteiger partial charge in [-0.1, -0.05) is 41.4 Å². The summed E-state index contributed by atoms with van der Waals surface area (Å²) < 4.78 is 11.2. The third kappa shape index (κ3) is 6.58. The summed E-state index contributed by atoms with van der Waals surface area (Å²) in [6, 6.07) is 19.7. The summed E-state index contributed by atoms with van der Waals surface area (Å²) in [7, 11) is 1.54. The first kappa shape index (κ1) is 22.8. The van der Waals surface area contributed by atoms with Crippen LogP contribution in [-0.2, 0) is 16.2 Å². The Labute approximate surface area is 191 Å². The number of rotatable bonds is 7. The second kappa shape index (κ2) is 11.0. The molecule has 0 saturated carbocycles. The van der Waals surface area contributed by atoms with E-state index in [0.29, 0.717) is 34.4 Å². The quantitative estimate of drug-likeness (QED) is 0.318. The van der Waals surface area contributed by atoms with Crippen molar-refractivity contribution < 1.29 is 19.1 Å². The number of benzene rings is 3. The van der Waals surface area contributed by atoms with Crippen LogP contribution in [0.2, 0.25) is 5.02 Å². The van der Waals surface area contributed by atoms with E-state index >= 15 is 0 Å². The fraction of sp³-hybridized carbons (Fsp3) is 0.125. The fourth-order valence-corrected chi connectivity index (χ4v) is 2.79. The van der Waals surface area contributed by atoms with Gasteiger partial charge >= 0.3 is 11.8 Å². The molecule has 2 amide bonds. The number of anilines is 1. The molecular formula is C24H22ClN3O4. The average Bonchev–Trinajstić information content (AvgIpc) is 2.80. The normalized spacial score (nSPS) is 10.6. The van der Waals surface area contributed by atoms with Crippen LogP contribution in [0.25, 0.3) is 0 Å². The minimum absolute atomic E-state index is 0.406. The smallest absolute Gasteiger partial charge is 0.329 e. The van der Waals surface area contributed by atoms with Crippen LogP contribution >= 0.6 is 11.6 Å². The molecule has 0 bridgehead atoms. The van der Waals surface area contributed by atoms with Crippen molar-refractivity contribution in [3.05, 3.63) is 88.4 Å². The van der Waals surface area contributed by atoms with Crippen molar-refractivity contribution in [2.24, 2.45) is 5.10 Å². The number of carbonyl (C=O) groups excluding carboxylic acids is 2. The van der Waals surface area contributed by atoms with Crippen LogP contribution in [0.5, 0.6) is 11.5 Å². The Morgan fingerprint density at radius 2 is 1.69 bits per heavy atom. The van der Waals surface area contributed by atoms with E-state index in [1.54, 1.807) is 42.5 Å². The molecule has 0 saturated heterocycles. The van der Waals surface area contributed by atoms with E-state index in [0.717, 1.165) is 5.56 Å². The van der Waals surface area contributed by atoms with E-state index in [-0.39, 0.29) is 0 Å². The lowest BCUT2D eigenvalue weighted by molar-refractivity contribution is -0.136. The lowest BCUT2D eigenvalue weighted by Gasteiger charge is -2.11. The number of hydrogen-bond donors (Lipinski definition) is 2. The number of hydrogen-bond acceptors (Lipinski definition) is 5. The van der Waals surface area contributed by atoms with Gasteiger partial charge < -0.3 is 14.8 Å². The van der Waals surface area contributed by atoms with Gasteiger partial charge in [0.05, 0.1) is 13.3 Å². The number of nitrogens with one attached hydrogen (secondary N) is 2. The van der Waals surface area contributed by atoms with Crippen LogP contribution in [0, 0.1) is 6.92 Å². The Hall–Kier alpha value is -3.84. The van der Waals surface area contributed by atoms with E-state index in [9.17, 15) is 9.59 Å². The lowest BCUT2D eigenvalue weighted by atomic mass is 10.2. The van der Waals surface area contributed by atoms with Crippen molar-refractivity contribution in [2.45, 2.75) is 13.5 Å². The van der Waals surface area contributed by atoms with Crippen molar-refractivity contribution in [1.82, 2.24) is 5.43 Å².